The molecule has 0 saturated carbocycles. The average Bonchev–Trinajstić information content (AvgIpc) is 2.91. The zero-order chi connectivity index (χ0) is 15.8. The van der Waals surface area contributed by atoms with Gasteiger partial charge in [-0.3, -0.25) is 9.78 Å². The maximum absolute atomic E-state index is 12.9. The molecule has 4 rings (SSSR count). The Morgan fingerprint density at radius 3 is 2.87 bits per heavy atom. The highest BCUT2D eigenvalue weighted by Gasteiger charge is 2.30. The summed E-state index contributed by atoms with van der Waals surface area (Å²) in [7, 11) is 0. The summed E-state index contributed by atoms with van der Waals surface area (Å²) in [5.41, 5.74) is 4.22. The van der Waals surface area contributed by atoms with Gasteiger partial charge in [-0.2, -0.15) is 0 Å². The smallest absolute Gasteiger partial charge is 0.231 e. The van der Waals surface area contributed by atoms with Crippen molar-refractivity contribution in [3.63, 3.8) is 0 Å². The third-order valence-electron chi connectivity index (χ3n) is 4.53. The lowest BCUT2D eigenvalue weighted by molar-refractivity contribution is -0.118. The van der Waals surface area contributed by atoms with Gasteiger partial charge in [0.1, 0.15) is 0 Å². The number of benzene rings is 2. The predicted molar refractivity (Wildman–Crippen MR) is 92.5 cm³/mol. The molecule has 0 radical (unpaired) electrons. The lowest BCUT2D eigenvalue weighted by Gasteiger charge is -2.23. The summed E-state index contributed by atoms with van der Waals surface area (Å²) in [5.74, 6) is 0.139. The Kier molecular flexibility index (Phi) is 3.34. The zero-order valence-corrected chi connectivity index (χ0v) is 13.1. The molecule has 1 aromatic heterocycles. The van der Waals surface area contributed by atoms with Crippen LogP contribution in [0.3, 0.4) is 0 Å². The molecule has 2 heterocycles. The number of carbonyl (C=O) groups is 1. The van der Waals surface area contributed by atoms with Crippen LogP contribution in [0.15, 0.2) is 60.8 Å². The highest BCUT2D eigenvalue weighted by molar-refractivity contribution is 5.99. The van der Waals surface area contributed by atoms with Crippen molar-refractivity contribution in [2.45, 2.75) is 25.8 Å². The second kappa shape index (κ2) is 5.51. The Bertz CT molecular complexity index is 882. The van der Waals surface area contributed by atoms with E-state index in [4.69, 9.17) is 0 Å². The van der Waals surface area contributed by atoms with E-state index in [1.165, 1.54) is 5.56 Å². The molecule has 0 saturated heterocycles. The second-order valence-corrected chi connectivity index (χ2v) is 6.11. The number of pyridine rings is 1. The van der Waals surface area contributed by atoms with Crippen LogP contribution in [0.5, 0.6) is 0 Å². The van der Waals surface area contributed by atoms with E-state index in [9.17, 15) is 4.79 Å². The number of fused-ring (bicyclic) bond motifs is 2. The Morgan fingerprint density at radius 1 is 1.13 bits per heavy atom. The Morgan fingerprint density at radius 2 is 1.96 bits per heavy atom. The van der Waals surface area contributed by atoms with Crippen molar-refractivity contribution in [2.75, 3.05) is 4.90 Å². The van der Waals surface area contributed by atoms with Crippen LogP contribution in [0.4, 0.5) is 5.69 Å². The highest BCUT2D eigenvalue weighted by atomic mass is 16.2. The van der Waals surface area contributed by atoms with E-state index >= 15 is 0 Å². The summed E-state index contributed by atoms with van der Waals surface area (Å²) in [4.78, 5) is 19.3. The molecular formula is C20H18N2O. The first-order chi connectivity index (χ1) is 11.2. The van der Waals surface area contributed by atoms with E-state index in [0.717, 1.165) is 28.6 Å². The summed E-state index contributed by atoms with van der Waals surface area (Å²) in [6, 6.07) is 18.4. The molecule has 23 heavy (non-hydrogen) atoms. The quantitative estimate of drug-likeness (QED) is 0.722. The highest BCUT2D eigenvalue weighted by Crippen LogP contribution is 2.32. The van der Waals surface area contributed by atoms with Crippen molar-refractivity contribution in [1.82, 2.24) is 4.98 Å². The number of aromatic nitrogens is 1. The maximum atomic E-state index is 12.9. The van der Waals surface area contributed by atoms with Crippen molar-refractivity contribution in [3.05, 3.63) is 71.9 Å². The first kappa shape index (κ1) is 13.9. The maximum Gasteiger partial charge on any atom is 0.231 e. The van der Waals surface area contributed by atoms with Gasteiger partial charge in [0, 0.05) is 23.3 Å². The normalized spacial score (nSPS) is 16.6. The van der Waals surface area contributed by atoms with Gasteiger partial charge in [0.25, 0.3) is 0 Å². The minimum Gasteiger partial charge on any atom is -0.309 e. The molecule has 1 atom stereocenters. The molecule has 1 amide bonds. The molecule has 2 aromatic carbocycles. The summed E-state index contributed by atoms with van der Waals surface area (Å²) in [6.45, 7) is 2.11. The molecule has 1 aliphatic heterocycles. The van der Waals surface area contributed by atoms with Gasteiger partial charge in [-0.1, -0.05) is 42.5 Å². The molecule has 0 fully saturated rings. The minimum absolute atomic E-state index is 0.139. The molecule has 1 aliphatic rings. The van der Waals surface area contributed by atoms with Gasteiger partial charge in [-0.05, 0) is 36.6 Å². The van der Waals surface area contributed by atoms with Crippen molar-refractivity contribution < 1.29 is 4.79 Å². The van der Waals surface area contributed by atoms with Crippen LogP contribution in [0.1, 0.15) is 18.1 Å². The number of anilines is 1. The third kappa shape index (κ3) is 2.38. The topological polar surface area (TPSA) is 33.2 Å². The molecular weight excluding hydrogens is 284 g/mol. The van der Waals surface area contributed by atoms with Crippen LogP contribution >= 0.6 is 0 Å². The molecule has 114 valence electrons. The minimum atomic E-state index is 0.139. The fourth-order valence-electron chi connectivity index (χ4n) is 3.50. The zero-order valence-electron chi connectivity index (χ0n) is 13.1. The van der Waals surface area contributed by atoms with Crippen LogP contribution in [-0.4, -0.2) is 16.9 Å². The molecule has 0 N–H and O–H groups in total. The number of nitrogens with zero attached hydrogens (tertiary/aromatic N) is 2. The van der Waals surface area contributed by atoms with E-state index < -0.39 is 0 Å². The fraction of sp³-hybridized carbons (Fsp3) is 0.200. The lowest BCUT2D eigenvalue weighted by atomic mass is 10.1. The first-order valence-corrected chi connectivity index (χ1v) is 7.96. The summed E-state index contributed by atoms with van der Waals surface area (Å²) in [5, 5.41) is 1.08. The van der Waals surface area contributed by atoms with E-state index in [-0.39, 0.29) is 11.9 Å². The van der Waals surface area contributed by atoms with Crippen molar-refractivity contribution in [2.24, 2.45) is 0 Å². The molecule has 3 nitrogen and oxygen atoms in total. The molecule has 0 bridgehead atoms. The van der Waals surface area contributed by atoms with Gasteiger partial charge in [0.05, 0.1) is 11.9 Å². The standard InChI is InChI=1S/C20H18N2O/c1-14-12-16-6-2-3-10-18(16)22(14)19(23)13-17-8-4-7-15-9-5-11-21-20(15)17/h2-11,14H,12-13H2,1H3. The van der Waals surface area contributed by atoms with Gasteiger partial charge < -0.3 is 4.90 Å². The molecule has 1 unspecified atom stereocenters. The molecule has 3 aromatic rings. The van der Waals surface area contributed by atoms with Crippen LogP contribution < -0.4 is 4.90 Å². The fourth-order valence-corrected chi connectivity index (χ4v) is 3.50. The number of para-hydroxylation sites is 2. The molecule has 0 aliphatic carbocycles. The monoisotopic (exact) mass is 302 g/mol. The summed E-state index contributed by atoms with van der Waals surface area (Å²) in [6.07, 6.45) is 3.09. The van der Waals surface area contributed by atoms with Gasteiger partial charge in [0.15, 0.2) is 0 Å². The average molecular weight is 302 g/mol. The third-order valence-corrected chi connectivity index (χ3v) is 4.53. The number of carbonyl (C=O) groups excluding carboxylic acids is 1. The Hall–Kier alpha value is -2.68. The van der Waals surface area contributed by atoms with Gasteiger partial charge in [-0.15, -0.1) is 0 Å². The van der Waals surface area contributed by atoms with Gasteiger partial charge in [-0.25, -0.2) is 0 Å². The van der Waals surface area contributed by atoms with Crippen LogP contribution in [0.25, 0.3) is 10.9 Å². The summed E-state index contributed by atoms with van der Waals surface area (Å²) < 4.78 is 0. The summed E-state index contributed by atoms with van der Waals surface area (Å²) >= 11 is 0. The predicted octanol–water partition coefficient (Wildman–Crippen LogP) is 3.76. The second-order valence-electron chi connectivity index (χ2n) is 6.11. The van der Waals surface area contributed by atoms with Crippen molar-refractivity contribution in [3.8, 4) is 0 Å². The number of hydrogen-bond acceptors (Lipinski definition) is 2. The van der Waals surface area contributed by atoms with E-state index in [1.807, 2.05) is 53.4 Å². The van der Waals surface area contributed by atoms with Crippen LogP contribution in [0, 0.1) is 0 Å². The van der Waals surface area contributed by atoms with Crippen molar-refractivity contribution >= 4 is 22.5 Å². The number of rotatable bonds is 2. The van der Waals surface area contributed by atoms with E-state index in [0.29, 0.717) is 6.42 Å². The Balaban J connectivity index is 1.68. The van der Waals surface area contributed by atoms with Crippen LogP contribution in [-0.2, 0) is 17.6 Å². The van der Waals surface area contributed by atoms with Crippen molar-refractivity contribution in [1.29, 1.82) is 0 Å². The van der Waals surface area contributed by atoms with Gasteiger partial charge in [0.2, 0.25) is 5.91 Å². The Labute approximate surface area is 135 Å². The van der Waals surface area contributed by atoms with E-state index in [2.05, 4.69) is 18.0 Å². The molecule has 3 heteroatoms. The van der Waals surface area contributed by atoms with Crippen LogP contribution in [0.2, 0.25) is 0 Å². The van der Waals surface area contributed by atoms with E-state index in [1.54, 1.807) is 6.20 Å². The number of hydrogen-bond donors (Lipinski definition) is 0. The van der Waals surface area contributed by atoms with Gasteiger partial charge >= 0.3 is 0 Å². The molecule has 0 spiro atoms. The number of amides is 1. The SMILES string of the molecule is CC1Cc2ccccc2N1C(=O)Cc1cccc2cccnc12. The first-order valence-electron chi connectivity index (χ1n) is 7.96. The largest absolute Gasteiger partial charge is 0.309 e. The lowest BCUT2D eigenvalue weighted by Crippen LogP contribution is -2.36.